The molecule has 0 amide bonds. The third-order valence-electron chi connectivity index (χ3n) is 3.41. The maximum Gasteiger partial charge on any atom is 0.150 e. The van der Waals surface area contributed by atoms with E-state index in [4.69, 9.17) is 0 Å². The van der Waals surface area contributed by atoms with Crippen LogP contribution < -0.4 is 10.6 Å². The van der Waals surface area contributed by atoms with Gasteiger partial charge in [-0.3, -0.25) is 0 Å². The zero-order valence-electron chi connectivity index (χ0n) is 11.8. The molecule has 6 heteroatoms. The monoisotopic (exact) mass is 365 g/mol. The average molecular weight is 366 g/mol. The standard InChI is InChI=1S/C16H14BrF2N3/c1-20-7-9-8-21-15-6-11(2-3-12(9)15)22-16-13(17)4-10(18)5-14(16)19/h2-6,8,20-22H,7H2,1H3. The van der Waals surface area contributed by atoms with Crippen LogP contribution in [0.3, 0.4) is 0 Å². The summed E-state index contributed by atoms with van der Waals surface area (Å²) >= 11 is 3.17. The molecule has 0 fully saturated rings. The Labute approximate surface area is 134 Å². The van der Waals surface area contributed by atoms with Crippen molar-refractivity contribution in [1.29, 1.82) is 0 Å². The molecule has 3 rings (SSSR count). The van der Waals surface area contributed by atoms with E-state index in [1.54, 1.807) is 0 Å². The lowest BCUT2D eigenvalue weighted by molar-refractivity contribution is 0.584. The van der Waals surface area contributed by atoms with Gasteiger partial charge in [-0.15, -0.1) is 0 Å². The first-order valence-corrected chi connectivity index (χ1v) is 7.54. The van der Waals surface area contributed by atoms with Crippen molar-refractivity contribution in [2.75, 3.05) is 12.4 Å². The molecule has 0 aliphatic rings. The highest BCUT2D eigenvalue weighted by Gasteiger charge is 2.11. The minimum absolute atomic E-state index is 0.211. The van der Waals surface area contributed by atoms with Crippen molar-refractivity contribution in [2.24, 2.45) is 0 Å². The topological polar surface area (TPSA) is 39.9 Å². The number of fused-ring (bicyclic) bond motifs is 1. The lowest BCUT2D eigenvalue weighted by Gasteiger charge is -2.10. The van der Waals surface area contributed by atoms with Crippen LogP contribution in [0.1, 0.15) is 5.56 Å². The molecule has 0 spiro atoms. The van der Waals surface area contributed by atoms with Gasteiger partial charge in [0.15, 0.2) is 5.82 Å². The minimum atomic E-state index is -0.644. The molecule has 0 bridgehead atoms. The molecule has 0 saturated carbocycles. The number of nitrogens with one attached hydrogen (secondary N) is 3. The van der Waals surface area contributed by atoms with Crippen molar-refractivity contribution >= 4 is 38.2 Å². The van der Waals surface area contributed by atoms with E-state index in [0.29, 0.717) is 4.47 Å². The summed E-state index contributed by atoms with van der Waals surface area (Å²) in [6.07, 6.45) is 1.94. The average Bonchev–Trinajstić information content (AvgIpc) is 2.86. The van der Waals surface area contributed by atoms with Crippen LogP contribution in [0.4, 0.5) is 20.2 Å². The normalized spacial score (nSPS) is 11.1. The van der Waals surface area contributed by atoms with Gasteiger partial charge in [0.2, 0.25) is 0 Å². The number of rotatable bonds is 4. The SMILES string of the molecule is CNCc1c[nH]c2cc(Nc3c(F)cc(F)cc3Br)ccc12. The zero-order valence-corrected chi connectivity index (χ0v) is 13.4. The second-order valence-electron chi connectivity index (χ2n) is 4.97. The zero-order chi connectivity index (χ0) is 15.7. The van der Waals surface area contributed by atoms with Gasteiger partial charge in [-0.05, 0) is 46.7 Å². The Kier molecular flexibility index (Phi) is 4.13. The van der Waals surface area contributed by atoms with E-state index in [2.05, 4.69) is 31.5 Å². The summed E-state index contributed by atoms with van der Waals surface area (Å²) in [4.78, 5) is 3.19. The molecule has 3 N–H and O–H groups in total. The molecule has 3 aromatic rings. The fourth-order valence-corrected chi connectivity index (χ4v) is 2.91. The van der Waals surface area contributed by atoms with E-state index in [9.17, 15) is 8.78 Å². The first kappa shape index (κ1) is 15.0. The number of H-pyrrole nitrogens is 1. The molecule has 2 aromatic carbocycles. The highest BCUT2D eigenvalue weighted by molar-refractivity contribution is 9.10. The van der Waals surface area contributed by atoms with Gasteiger partial charge in [0.25, 0.3) is 0 Å². The number of hydrogen-bond acceptors (Lipinski definition) is 2. The summed E-state index contributed by atoms with van der Waals surface area (Å²) < 4.78 is 27.3. The molecule has 3 nitrogen and oxygen atoms in total. The van der Waals surface area contributed by atoms with Gasteiger partial charge in [-0.2, -0.15) is 0 Å². The quantitative estimate of drug-likeness (QED) is 0.628. The Morgan fingerprint density at radius 2 is 2.00 bits per heavy atom. The summed E-state index contributed by atoms with van der Waals surface area (Å²) in [5.74, 6) is -1.26. The van der Waals surface area contributed by atoms with Gasteiger partial charge in [-0.1, -0.05) is 6.07 Å². The summed E-state index contributed by atoms with van der Waals surface area (Å²) in [7, 11) is 1.89. The molecule has 0 radical (unpaired) electrons. The fourth-order valence-electron chi connectivity index (χ4n) is 2.41. The number of halogens is 3. The van der Waals surface area contributed by atoms with Crippen LogP contribution in [-0.4, -0.2) is 12.0 Å². The van der Waals surface area contributed by atoms with Gasteiger partial charge < -0.3 is 15.6 Å². The van der Waals surface area contributed by atoms with Crippen LogP contribution in [0.25, 0.3) is 10.9 Å². The predicted octanol–water partition coefficient (Wildman–Crippen LogP) is 4.67. The second kappa shape index (κ2) is 6.06. The largest absolute Gasteiger partial charge is 0.361 e. The predicted molar refractivity (Wildman–Crippen MR) is 88.4 cm³/mol. The smallest absolute Gasteiger partial charge is 0.150 e. The molecular formula is C16H14BrF2N3. The van der Waals surface area contributed by atoms with Crippen molar-refractivity contribution in [3.05, 3.63) is 58.2 Å². The summed E-state index contributed by atoms with van der Waals surface area (Å²) in [6.45, 7) is 0.769. The van der Waals surface area contributed by atoms with Crippen LogP contribution >= 0.6 is 15.9 Å². The third kappa shape index (κ3) is 2.84. The summed E-state index contributed by atoms with van der Waals surface area (Å²) in [5.41, 5.74) is 3.05. The number of aromatic nitrogens is 1. The number of hydrogen-bond donors (Lipinski definition) is 3. The first-order valence-electron chi connectivity index (χ1n) is 6.74. The molecular weight excluding hydrogens is 352 g/mol. The lowest BCUT2D eigenvalue weighted by Crippen LogP contribution is -2.03. The number of anilines is 2. The van der Waals surface area contributed by atoms with Gasteiger partial charge in [0.1, 0.15) is 5.82 Å². The van der Waals surface area contributed by atoms with Gasteiger partial charge in [0, 0.05) is 39.9 Å². The highest BCUT2D eigenvalue weighted by atomic mass is 79.9. The Morgan fingerprint density at radius 3 is 2.73 bits per heavy atom. The van der Waals surface area contributed by atoms with Crippen molar-refractivity contribution in [1.82, 2.24) is 10.3 Å². The Bertz CT molecular complexity index is 806. The Morgan fingerprint density at radius 1 is 1.18 bits per heavy atom. The number of aromatic amines is 1. The van der Waals surface area contributed by atoms with Crippen LogP contribution in [0, 0.1) is 11.6 Å². The van der Waals surface area contributed by atoms with Crippen molar-refractivity contribution in [3.8, 4) is 0 Å². The molecule has 114 valence electrons. The maximum absolute atomic E-state index is 13.9. The van der Waals surface area contributed by atoms with Crippen molar-refractivity contribution < 1.29 is 8.78 Å². The fraction of sp³-hybridized carbons (Fsp3) is 0.125. The van der Waals surface area contributed by atoms with Crippen molar-refractivity contribution in [2.45, 2.75) is 6.54 Å². The highest BCUT2D eigenvalue weighted by Crippen LogP contribution is 2.31. The molecule has 1 aromatic heterocycles. The molecule has 1 heterocycles. The summed E-state index contributed by atoms with van der Waals surface area (Å²) in [5, 5.41) is 7.20. The lowest BCUT2D eigenvalue weighted by atomic mass is 10.1. The molecule has 0 saturated heterocycles. The third-order valence-corrected chi connectivity index (χ3v) is 4.04. The Balaban J connectivity index is 1.95. The van der Waals surface area contributed by atoms with Crippen molar-refractivity contribution in [3.63, 3.8) is 0 Å². The van der Waals surface area contributed by atoms with E-state index in [0.717, 1.165) is 34.8 Å². The molecule has 0 atom stereocenters. The first-order chi connectivity index (χ1) is 10.6. The van der Waals surface area contributed by atoms with E-state index < -0.39 is 11.6 Å². The van der Waals surface area contributed by atoms with E-state index >= 15 is 0 Å². The van der Waals surface area contributed by atoms with Gasteiger partial charge in [0.05, 0.1) is 5.69 Å². The summed E-state index contributed by atoms with van der Waals surface area (Å²) in [6, 6.07) is 7.80. The van der Waals surface area contributed by atoms with E-state index in [1.807, 2.05) is 31.4 Å². The van der Waals surface area contributed by atoms with E-state index in [1.165, 1.54) is 6.07 Å². The maximum atomic E-state index is 13.9. The molecule has 0 unspecified atom stereocenters. The Hall–Kier alpha value is -1.92. The van der Waals surface area contributed by atoms with Gasteiger partial charge in [-0.25, -0.2) is 8.78 Å². The van der Waals surface area contributed by atoms with Crippen LogP contribution in [0.5, 0.6) is 0 Å². The molecule has 0 aliphatic heterocycles. The van der Waals surface area contributed by atoms with Gasteiger partial charge >= 0.3 is 0 Å². The second-order valence-corrected chi connectivity index (χ2v) is 5.83. The number of benzene rings is 2. The van der Waals surface area contributed by atoms with Crippen LogP contribution in [-0.2, 0) is 6.54 Å². The van der Waals surface area contributed by atoms with E-state index in [-0.39, 0.29) is 5.69 Å². The van der Waals surface area contributed by atoms with Crippen LogP contribution in [0.2, 0.25) is 0 Å². The molecule has 0 aliphatic carbocycles. The minimum Gasteiger partial charge on any atom is -0.361 e. The molecule has 22 heavy (non-hydrogen) atoms. The van der Waals surface area contributed by atoms with Crippen LogP contribution in [0.15, 0.2) is 41.0 Å².